The largest absolute Gasteiger partial charge is 0.462 e. The van der Waals surface area contributed by atoms with Crippen molar-refractivity contribution in [1.29, 1.82) is 0 Å². The predicted octanol–water partition coefficient (Wildman–Crippen LogP) is 8.62. The van der Waals surface area contributed by atoms with Crippen LogP contribution in [0.25, 0.3) is 0 Å². The summed E-state index contributed by atoms with van der Waals surface area (Å²) in [6.07, 6.45) is 26.2. The number of carbonyl (C=O) groups excluding carboxylic acids is 1. The van der Waals surface area contributed by atoms with E-state index in [0.717, 1.165) is 37.0 Å². The fourth-order valence-corrected chi connectivity index (χ4v) is 5.78. The molecule has 170 valence electrons. The first kappa shape index (κ1) is 24.7. The quantitative estimate of drug-likeness (QED) is 0.213. The van der Waals surface area contributed by atoms with Crippen LogP contribution in [0.1, 0.15) is 142 Å². The fourth-order valence-electron chi connectivity index (χ4n) is 5.78. The predicted molar refractivity (Wildman–Crippen MR) is 124 cm³/mol. The van der Waals surface area contributed by atoms with E-state index in [9.17, 15) is 4.79 Å². The van der Waals surface area contributed by atoms with Crippen LogP contribution in [0.2, 0.25) is 0 Å². The smallest absolute Gasteiger partial charge is 0.306 e. The van der Waals surface area contributed by atoms with Crippen molar-refractivity contribution in [2.75, 3.05) is 0 Å². The second kappa shape index (κ2) is 15.3. The summed E-state index contributed by atoms with van der Waals surface area (Å²) in [7, 11) is 0. The first-order valence-electron chi connectivity index (χ1n) is 13.4. The Hall–Kier alpha value is -0.530. The van der Waals surface area contributed by atoms with Crippen molar-refractivity contribution in [2.24, 2.45) is 17.8 Å². The lowest BCUT2D eigenvalue weighted by molar-refractivity contribution is -0.151. The zero-order chi connectivity index (χ0) is 20.7. The highest BCUT2D eigenvalue weighted by atomic mass is 16.5. The maximum Gasteiger partial charge on any atom is 0.306 e. The van der Waals surface area contributed by atoms with Gasteiger partial charge < -0.3 is 4.74 Å². The first-order chi connectivity index (χ1) is 14.2. The topological polar surface area (TPSA) is 26.3 Å². The van der Waals surface area contributed by atoms with Crippen molar-refractivity contribution in [2.45, 2.75) is 148 Å². The molecule has 0 aliphatic heterocycles. The van der Waals surface area contributed by atoms with Crippen molar-refractivity contribution >= 4 is 5.97 Å². The summed E-state index contributed by atoms with van der Waals surface area (Å²) in [6.45, 7) is 4.53. The zero-order valence-electron chi connectivity index (χ0n) is 19.8. The highest BCUT2D eigenvalue weighted by molar-refractivity contribution is 5.69. The molecule has 0 heterocycles. The number of carbonyl (C=O) groups is 1. The Bertz CT molecular complexity index is 403. The SMILES string of the molecule is CCCCCCCC(=O)O[C@H]1CC[C@H]([C@H]2CC[C@H](CCCCCCC)CC2)CC1. The Kier molecular flexibility index (Phi) is 13.0. The van der Waals surface area contributed by atoms with Gasteiger partial charge in [0.2, 0.25) is 0 Å². The second-order valence-electron chi connectivity index (χ2n) is 10.2. The standard InChI is InChI=1S/C27H50O2/c1-3-5-7-9-11-13-23-15-17-24(18-16-23)25-19-21-26(22-20-25)29-27(28)14-12-10-8-6-4-2/h23-26H,3-22H2,1-2H3/t23-,24-,25-,26-. The molecule has 2 aliphatic carbocycles. The molecule has 0 spiro atoms. The highest BCUT2D eigenvalue weighted by Crippen LogP contribution is 2.41. The molecule has 0 aromatic rings. The summed E-state index contributed by atoms with van der Waals surface area (Å²) < 4.78 is 5.78. The molecule has 0 bridgehead atoms. The molecule has 0 radical (unpaired) electrons. The molecule has 0 aromatic carbocycles. The minimum Gasteiger partial charge on any atom is -0.462 e. The van der Waals surface area contributed by atoms with Crippen LogP contribution in [0.5, 0.6) is 0 Å². The van der Waals surface area contributed by atoms with E-state index in [0.29, 0.717) is 6.42 Å². The van der Waals surface area contributed by atoms with Gasteiger partial charge in [-0.2, -0.15) is 0 Å². The molecule has 2 nitrogen and oxygen atoms in total. The normalized spacial score (nSPS) is 27.7. The Labute approximate surface area is 181 Å². The van der Waals surface area contributed by atoms with E-state index in [1.165, 1.54) is 103 Å². The molecule has 2 fully saturated rings. The van der Waals surface area contributed by atoms with E-state index in [-0.39, 0.29) is 12.1 Å². The Morgan fingerprint density at radius 1 is 0.655 bits per heavy atom. The van der Waals surface area contributed by atoms with Crippen molar-refractivity contribution in [3.8, 4) is 0 Å². The molecule has 2 saturated carbocycles. The number of esters is 1. The summed E-state index contributed by atoms with van der Waals surface area (Å²) in [5, 5.41) is 0. The number of hydrogen-bond acceptors (Lipinski definition) is 2. The van der Waals surface area contributed by atoms with Gasteiger partial charge in [-0.25, -0.2) is 0 Å². The maximum absolute atomic E-state index is 12.1. The molecule has 0 unspecified atom stereocenters. The lowest BCUT2D eigenvalue weighted by Gasteiger charge is -2.37. The second-order valence-corrected chi connectivity index (χ2v) is 10.2. The van der Waals surface area contributed by atoms with Crippen molar-refractivity contribution in [3.05, 3.63) is 0 Å². The molecule has 0 amide bonds. The van der Waals surface area contributed by atoms with Crippen LogP contribution in [0.15, 0.2) is 0 Å². The molecule has 0 N–H and O–H groups in total. The Morgan fingerprint density at radius 3 is 1.76 bits per heavy atom. The summed E-state index contributed by atoms with van der Waals surface area (Å²) in [6, 6.07) is 0. The van der Waals surface area contributed by atoms with E-state index in [4.69, 9.17) is 4.74 Å². The van der Waals surface area contributed by atoms with Crippen molar-refractivity contribution in [3.63, 3.8) is 0 Å². The summed E-state index contributed by atoms with van der Waals surface area (Å²) in [4.78, 5) is 12.1. The van der Waals surface area contributed by atoms with Crippen molar-refractivity contribution < 1.29 is 9.53 Å². The van der Waals surface area contributed by atoms with E-state index < -0.39 is 0 Å². The van der Waals surface area contributed by atoms with E-state index in [1.54, 1.807) is 0 Å². The summed E-state index contributed by atoms with van der Waals surface area (Å²) in [5.41, 5.74) is 0. The van der Waals surface area contributed by atoms with Crippen LogP contribution >= 0.6 is 0 Å². The number of rotatable bonds is 14. The number of hydrogen-bond donors (Lipinski definition) is 0. The molecule has 2 aliphatic rings. The molecular formula is C27H50O2. The van der Waals surface area contributed by atoms with E-state index >= 15 is 0 Å². The van der Waals surface area contributed by atoms with E-state index in [1.807, 2.05) is 0 Å². The average Bonchev–Trinajstić information content (AvgIpc) is 2.74. The average molecular weight is 407 g/mol. The van der Waals surface area contributed by atoms with Gasteiger partial charge in [0.05, 0.1) is 0 Å². The number of unbranched alkanes of at least 4 members (excludes halogenated alkanes) is 8. The third kappa shape index (κ3) is 10.4. The van der Waals surface area contributed by atoms with Gasteiger partial charge >= 0.3 is 5.97 Å². The molecule has 0 saturated heterocycles. The Balaban J connectivity index is 1.52. The Morgan fingerprint density at radius 2 is 1.17 bits per heavy atom. The molecule has 0 aromatic heterocycles. The number of ether oxygens (including phenoxy) is 1. The minimum atomic E-state index is 0.0596. The summed E-state index contributed by atoms with van der Waals surface area (Å²) in [5.74, 6) is 2.94. The van der Waals surface area contributed by atoms with Gasteiger partial charge in [-0.05, 0) is 62.7 Å². The maximum atomic E-state index is 12.1. The third-order valence-electron chi connectivity index (χ3n) is 7.78. The van der Waals surface area contributed by atoms with Gasteiger partial charge in [-0.3, -0.25) is 4.79 Å². The van der Waals surface area contributed by atoms with Gasteiger partial charge in [0.1, 0.15) is 6.10 Å². The molecule has 2 rings (SSSR count). The third-order valence-corrected chi connectivity index (χ3v) is 7.78. The van der Waals surface area contributed by atoms with Crippen LogP contribution in [0.3, 0.4) is 0 Å². The lowest BCUT2D eigenvalue weighted by atomic mass is 9.70. The van der Waals surface area contributed by atoms with Gasteiger partial charge in [-0.15, -0.1) is 0 Å². The molecule has 0 atom stereocenters. The van der Waals surface area contributed by atoms with Gasteiger partial charge in [0, 0.05) is 6.42 Å². The van der Waals surface area contributed by atoms with Crippen LogP contribution < -0.4 is 0 Å². The van der Waals surface area contributed by atoms with Gasteiger partial charge in [-0.1, -0.05) is 90.9 Å². The minimum absolute atomic E-state index is 0.0596. The van der Waals surface area contributed by atoms with E-state index in [2.05, 4.69) is 13.8 Å². The monoisotopic (exact) mass is 406 g/mol. The highest BCUT2D eigenvalue weighted by Gasteiger charge is 2.31. The molecule has 2 heteroatoms. The van der Waals surface area contributed by atoms with Gasteiger partial charge in [0.25, 0.3) is 0 Å². The van der Waals surface area contributed by atoms with Gasteiger partial charge in [0.15, 0.2) is 0 Å². The molecule has 29 heavy (non-hydrogen) atoms. The molecular weight excluding hydrogens is 356 g/mol. The van der Waals surface area contributed by atoms with Crippen LogP contribution in [-0.4, -0.2) is 12.1 Å². The summed E-state index contributed by atoms with van der Waals surface area (Å²) >= 11 is 0. The van der Waals surface area contributed by atoms with Crippen LogP contribution in [-0.2, 0) is 9.53 Å². The zero-order valence-corrected chi connectivity index (χ0v) is 19.8. The fraction of sp³-hybridized carbons (Fsp3) is 0.963. The van der Waals surface area contributed by atoms with Crippen LogP contribution in [0, 0.1) is 17.8 Å². The van der Waals surface area contributed by atoms with Crippen molar-refractivity contribution in [1.82, 2.24) is 0 Å². The van der Waals surface area contributed by atoms with Crippen LogP contribution in [0.4, 0.5) is 0 Å². The lowest BCUT2D eigenvalue weighted by Crippen LogP contribution is -2.29. The first-order valence-corrected chi connectivity index (χ1v) is 13.4.